The van der Waals surface area contributed by atoms with Crippen LogP contribution in [0.5, 0.6) is 11.5 Å². The van der Waals surface area contributed by atoms with E-state index in [0.717, 1.165) is 17.7 Å². The number of ether oxygens (including phenoxy) is 3. The molecule has 6 nitrogen and oxygen atoms in total. The molecule has 2 rings (SSSR count). The smallest absolute Gasteiger partial charge is 0.240 e. The predicted octanol–water partition coefficient (Wildman–Crippen LogP) is 1.90. The van der Waals surface area contributed by atoms with Crippen molar-refractivity contribution < 1.29 is 19.0 Å². The first-order valence-corrected chi connectivity index (χ1v) is 8.08. The van der Waals surface area contributed by atoms with Crippen LogP contribution in [-0.2, 0) is 16.1 Å². The Morgan fingerprint density at radius 2 is 2.21 bits per heavy atom. The molecule has 0 spiro atoms. The number of hydrogen-bond acceptors (Lipinski definition) is 5. The van der Waals surface area contributed by atoms with E-state index >= 15 is 0 Å². The summed E-state index contributed by atoms with van der Waals surface area (Å²) in [5.41, 5.74) is 0.962. The molecule has 1 aromatic carbocycles. The molecule has 0 bridgehead atoms. The van der Waals surface area contributed by atoms with Gasteiger partial charge in [-0.25, -0.2) is 0 Å². The highest BCUT2D eigenvalue weighted by atomic mass is 35.5. The fraction of sp³-hybridized carbons (Fsp3) is 0.588. The van der Waals surface area contributed by atoms with Crippen LogP contribution < -0.4 is 20.1 Å². The van der Waals surface area contributed by atoms with Crippen LogP contribution in [0.4, 0.5) is 0 Å². The van der Waals surface area contributed by atoms with Crippen molar-refractivity contribution in [1.82, 2.24) is 10.6 Å². The van der Waals surface area contributed by atoms with Crippen LogP contribution in [0.15, 0.2) is 18.2 Å². The highest BCUT2D eigenvalue weighted by molar-refractivity contribution is 5.85. The standard InChI is InChI=1S/C17H26N2O4.ClH/c1-4-8-23-14-6-5-13(10-15(14)21-3)11-19-17(20)16-12(2)22-9-7-18-16;/h5-6,10,12,16,18H,4,7-9,11H2,1-3H3,(H,19,20);1H/t12-,16+;/m1./s1. The second-order valence-electron chi connectivity index (χ2n) is 5.56. The van der Waals surface area contributed by atoms with Gasteiger partial charge >= 0.3 is 0 Å². The lowest BCUT2D eigenvalue weighted by atomic mass is 10.1. The molecule has 0 aliphatic carbocycles. The number of nitrogens with one attached hydrogen (secondary N) is 2. The van der Waals surface area contributed by atoms with E-state index < -0.39 is 0 Å². The summed E-state index contributed by atoms with van der Waals surface area (Å²) in [6.07, 6.45) is 0.818. The molecule has 0 saturated carbocycles. The Bertz CT molecular complexity index is 527. The third-order valence-electron chi connectivity index (χ3n) is 3.76. The van der Waals surface area contributed by atoms with E-state index in [9.17, 15) is 4.79 Å². The number of rotatable bonds is 7. The van der Waals surface area contributed by atoms with Gasteiger partial charge in [-0.3, -0.25) is 4.79 Å². The lowest BCUT2D eigenvalue weighted by molar-refractivity contribution is -0.129. The highest BCUT2D eigenvalue weighted by Crippen LogP contribution is 2.28. The average molecular weight is 359 g/mol. The topological polar surface area (TPSA) is 68.8 Å². The number of carbonyl (C=O) groups is 1. The molecule has 136 valence electrons. The number of hydrogen-bond donors (Lipinski definition) is 2. The van der Waals surface area contributed by atoms with E-state index in [1.54, 1.807) is 7.11 Å². The van der Waals surface area contributed by atoms with Gasteiger partial charge in [0.25, 0.3) is 0 Å². The van der Waals surface area contributed by atoms with Crippen molar-refractivity contribution in [2.45, 2.75) is 39.0 Å². The summed E-state index contributed by atoms with van der Waals surface area (Å²) in [5.74, 6) is 1.35. The van der Waals surface area contributed by atoms with Crippen LogP contribution >= 0.6 is 12.4 Å². The Kier molecular flexibility index (Phi) is 8.89. The van der Waals surface area contributed by atoms with Gasteiger partial charge in [0.05, 0.1) is 26.4 Å². The van der Waals surface area contributed by atoms with Gasteiger partial charge in [-0.05, 0) is 31.0 Å². The van der Waals surface area contributed by atoms with Crippen molar-refractivity contribution >= 4 is 18.3 Å². The lowest BCUT2D eigenvalue weighted by Crippen LogP contribution is -2.55. The second-order valence-corrected chi connectivity index (χ2v) is 5.56. The quantitative estimate of drug-likeness (QED) is 0.779. The van der Waals surface area contributed by atoms with Crippen molar-refractivity contribution in [2.24, 2.45) is 0 Å². The van der Waals surface area contributed by atoms with Crippen LogP contribution in [0.25, 0.3) is 0 Å². The molecule has 1 aliphatic heterocycles. The molecule has 24 heavy (non-hydrogen) atoms. The van der Waals surface area contributed by atoms with E-state index in [1.165, 1.54) is 0 Å². The van der Waals surface area contributed by atoms with E-state index in [2.05, 4.69) is 17.6 Å². The third kappa shape index (κ3) is 5.54. The van der Waals surface area contributed by atoms with Crippen LogP contribution in [0.1, 0.15) is 25.8 Å². The minimum absolute atomic E-state index is 0. The monoisotopic (exact) mass is 358 g/mol. The van der Waals surface area contributed by atoms with Crippen LogP contribution in [-0.4, -0.2) is 44.9 Å². The zero-order valence-electron chi connectivity index (χ0n) is 14.5. The molecule has 2 atom stereocenters. The van der Waals surface area contributed by atoms with Crippen LogP contribution in [0.2, 0.25) is 0 Å². The fourth-order valence-electron chi connectivity index (χ4n) is 2.48. The van der Waals surface area contributed by atoms with Gasteiger partial charge in [0.2, 0.25) is 5.91 Å². The first-order valence-electron chi connectivity index (χ1n) is 8.08. The summed E-state index contributed by atoms with van der Waals surface area (Å²) in [6.45, 7) is 6.38. The van der Waals surface area contributed by atoms with Crippen molar-refractivity contribution in [1.29, 1.82) is 0 Å². The SMILES string of the molecule is CCCOc1ccc(CNC(=O)[C@H]2NCCO[C@@H]2C)cc1OC.Cl. The average Bonchev–Trinajstić information content (AvgIpc) is 2.58. The molecule has 1 aromatic rings. The van der Waals surface area contributed by atoms with E-state index in [4.69, 9.17) is 14.2 Å². The van der Waals surface area contributed by atoms with Crippen molar-refractivity contribution in [3.8, 4) is 11.5 Å². The molecule has 1 aliphatic rings. The highest BCUT2D eigenvalue weighted by Gasteiger charge is 2.27. The van der Waals surface area contributed by atoms with Crippen molar-refractivity contribution in [2.75, 3.05) is 26.9 Å². The van der Waals surface area contributed by atoms with Gasteiger partial charge < -0.3 is 24.8 Å². The number of benzene rings is 1. The summed E-state index contributed by atoms with van der Waals surface area (Å²) in [7, 11) is 1.61. The van der Waals surface area contributed by atoms with E-state index in [-0.39, 0.29) is 30.5 Å². The largest absolute Gasteiger partial charge is 0.493 e. The molecular weight excluding hydrogens is 332 g/mol. The van der Waals surface area contributed by atoms with Crippen LogP contribution in [0, 0.1) is 0 Å². The van der Waals surface area contributed by atoms with Gasteiger partial charge in [0, 0.05) is 13.1 Å². The summed E-state index contributed by atoms with van der Waals surface area (Å²) in [6, 6.07) is 5.39. The van der Waals surface area contributed by atoms with Gasteiger partial charge in [0.15, 0.2) is 11.5 Å². The Morgan fingerprint density at radius 1 is 1.42 bits per heavy atom. The van der Waals surface area contributed by atoms with Crippen molar-refractivity contribution in [3.05, 3.63) is 23.8 Å². The predicted molar refractivity (Wildman–Crippen MR) is 95.1 cm³/mol. The summed E-state index contributed by atoms with van der Waals surface area (Å²) in [4.78, 5) is 12.2. The summed E-state index contributed by atoms with van der Waals surface area (Å²) in [5, 5.41) is 6.11. The maximum absolute atomic E-state index is 12.2. The maximum atomic E-state index is 12.2. The Hall–Kier alpha value is -1.50. The van der Waals surface area contributed by atoms with Gasteiger partial charge in [0.1, 0.15) is 6.04 Å². The Morgan fingerprint density at radius 3 is 2.88 bits per heavy atom. The Labute approximate surface area is 149 Å². The zero-order chi connectivity index (χ0) is 16.7. The third-order valence-corrected chi connectivity index (χ3v) is 3.76. The summed E-state index contributed by atoms with van der Waals surface area (Å²) >= 11 is 0. The molecule has 1 saturated heterocycles. The number of methoxy groups -OCH3 is 1. The fourth-order valence-corrected chi connectivity index (χ4v) is 2.48. The molecule has 1 heterocycles. The van der Waals surface area contributed by atoms with E-state index in [0.29, 0.717) is 32.1 Å². The lowest BCUT2D eigenvalue weighted by Gasteiger charge is -2.29. The zero-order valence-corrected chi connectivity index (χ0v) is 15.3. The molecule has 0 radical (unpaired) electrons. The molecule has 0 unspecified atom stereocenters. The summed E-state index contributed by atoms with van der Waals surface area (Å²) < 4.78 is 16.5. The van der Waals surface area contributed by atoms with Crippen molar-refractivity contribution in [3.63, 3.8) is 0 Å². The molecule has 2 N–H and O–H groups in total. The second kappa shape index (κ2) is 10.4. The maximum Gasteiger partial charge on any atom is 0.240 e. The molecule has 1 fully saturated rings. The number of morpholine rings is 1. The minimum atomic E-state index is -0.308. The minimum Gasteiger partial charge on any atom is -0.493 e. The molecule has 1 amide bonds. The van der Waals surface area contributed by atoms with Gasteiger partial charge in [-0.1, -0.05) is 13.0 Å². The molecular formula is C17H27ClN2O4. The van der Waals surface area contributed by atoms with Gasteiger partial charge in [-0.15, -0.1) is 12.4 Å². The molecule has 0 aromatic heterocycles. The first-order chi connectivity index (χ1) is 11.2. The van der Waals surface area contributed by atoms with Crippen LogP contribution in [0.3, 0.4) is 0 Å². The van der Waals surface area contributed by atoms with Gasteiger partial charge in [-0.2, -0.15) is 0 Å². The number of carbonyl (C=O) groups excluding carboxylic acids is 1. The number of halogens is 1. The number of amides is 1. The first kappa shape index (κ1) is 20.5. The Balaban J connectivity index is 0.00000288. The molecule has 7 heteroatoms. The van der Waals surface area contributed by atoms with E-state index in [1.807, 2.05) is 25.1 Å². The normalized spacial score (nSPS) is 20.0.